The molecule has 0 bridgehead atoms. The van der Waals surface area contributed by atoms with Gasteiger partial charge in [0.05, 0.1) is 6.10 Å². The minimum Gasteiger partial charge on any atom is -0.384 e. The molecule has 0 unspecified atom stereocenters. The zero-order chi connectivity index (χ0) is 15.0. The monoisotopic (exact) mass is 275 g/mol. The Hall–Kier alpha value is -1.83. The number of rotatable bonds is 5. The number of likely N-dealkylation sites (N-methyl/N-ethyl adjacent to an activating group) is 1. The summed E-state index contributed by atoms with van der Waals surface area (Å²) in [5, 5.41) is 8.76. The second-order valence-corrected chi connectivity index (χ2v) is 4.73. The summed E-state index contributed by atoms with van der Waals surface area (Å²) in [6.45, 7) is 4.17. The van der Waals surface area contributed by atoms with E-state index >= 15 is 0 Å². The Morgan fingerprint density at radius 2 is 2.10 bits per heavy atom. The number of ether oxygens (including phenoxy) is 1. The van der Waals surface area contributed by atoms with Crippen molar-refractivity contribution >= 4 is 5.91 Å². The molecule has 0 fully saturated rings. The maximum Gasteiger partial charge on any atom is 0.248 e. The van der Waals surface area contributed by atoms with Gasteiger partial charge in [-0.1, -0.05) is 30.0 Å². The molecular formula is C16H21NO3. The van der Waals surface area contributed by atoms with Gasteiger partial charge in [0, 0.05) is 19.2 Å². The second-order valence-electron chi connectivity index (χ2n) is 4.73. The zero-order valence-electron chi connectivity index (χ0n) is 12.2. The van der Waals surface area contributed by atoms with Crippen LogP contribution in [0.15, 0.2) is 24.3 Å². The molecule has 20 heavy (non-hydrogen) atoms. The van der Waals surface area contributed by atoms with Gasteiger partial charge < -0.3 is 14.7 Å². The van der Waals surface area contributed by atoms with E-state index in [1.807, 2.05) is 38.1 Å². The van der Waals surface area contributed by atoms with Gasteiger partial charge in [-0.15, -0.1) is 0 Å². The summed E-state index contributed by atoms with van der Waals surface area (Å²) in [6, 6.07) is 7.59. The highest BCUT2D eigenvalue weighted by atomic mass is 16.5. The van der Waals surface area contributed by atoms with Crippen molar-refractivity contribution in [1.29, 1.82) is 0 Å². The summed E-state index contributed by atoms with van der Waals surface area (Å²) in [6.07, 6.45) is 0.0371. The van der Waals surface area contributed by atoms with Crippen LogP contribution in [0.2, 0.25) is 0 Å². The predicted octanol–water partition coefficient (Wildman–Crippen LogP) is 1.41. The van der Waals surface area contributed by atoms with Crippen LogP contribution in [0.4, 0.5) is 0 Å². The van der Waals surface area contributed by atoms with Gasteiger partial charge in [-0.2, -0.15) is 0 Å². The molecule has 108 valence electrons. The lowest BCUT2D eigenvalue weighted by molar-refractivity contribution is -0.136. The van der Waals surface area contributed by atoms with Crippen LogP contribution < -0.4 is 0 Å². The first kappa shape index (κ1) is 16.2. The fourth-order valence-corrected chi connectivity index (χ4v) is 1.61. The molecule has 1 aromatic carbocycles. The Labute approximate surface area is 120 Å². The van der Waals surface area contributed by atoms with Crippen LogP contribution in [-0.2, 0) is 16.1 Å². The van der Waals surface area contributed by atoms with E-state index in [0.717, 1.165) is 11.1 Å². The summed E-state index contributed by atoms with van der Waals surface area (Å²) >= 11 is 0. The Bertz CT molecular complexity index is 500. The van der Waals surface area contributed by atoms with E-state index in [0.29, 0.717) is 6.54 Å². The summed E-state index contributed by atoms with van der Waals surface area (Å²) < 4.78 is 5.31. The highest BCUT2D eigenvalue weighted by Crippen LogP contribution is 2.10. The van der Waals surface area contributed by atoms with E-state index in [1.165, 1.54) is 0 Å². The highest BCUT2D eigenvalue weighted by molar-refractivity contribution is 5.77. The van der Waals surface area contributed by atoms with E-state index in [4.69, 9.17) is 9.84 Å². The molecule has 1 amide bonds. The molecule has 0 saturated carbocycles. The van der Waals surface area contributed by atoms with E-state index in [-0.39, 0.29) is 25.2 Å². The molecule has 0 aliphatic carbocycles. The smallest absolute Gasteiger partial charge is 0.248 e. The molecular weight excluding hydrogens is 254 g/mol. The molecule has 1 N–H and O–H groups in total. The van der Waals surface area contributed by atoms with Gasteiger partial charge in [0.1, 0.15) is 13.2 Å². The largest absolute Gasteiger partial charge is 0.384 e. The lowest BCUT2D eigenvalue weighted by atomic mass is 10.1. The molecule has 0 spiro atoms. The Morgan fingerprint density at radius 1 is 1.40 bits per heavy atom. The first-order valence-electron chi connectivity index (χ1n) is 6.57. The van der Waals surface area contributed by atoms with Crippen LogP contribution in [0, 0.1) is 11.8 Å². The van der Waals surface area contributed by atoms with Crippen molar-refractivity contribution < 1.29 is 14.6 Å². The Morgan fingerprint density at radius 3 is 2.75 bits per heavy atom. The molecule has 0 radical (unpaired) electrons. The minimum absolute atomic E-state index is 0.0371. The number of carbonyl (C=O) groups is 1. The number of hydrogen-bond acceptors (Lipinski definition) is 3. The van der Waals surface area contributed by atoms with Crippen molar-refractivity contribution in [1.82, 2.24) is 4.90 Å². The highest BCUT2D eigenvalue weighted by Gasteiger charge is 2.11. The fourth-order valence-electron chi connectivity index (χ4n) is 1.61. The molecule has 0 atom stereocenters. The van der Waals surface area contributed by atoms with Crippen LogP contribution in [0.1, 0.15) is 25.0 Å². The molecule has 4 nitrogen and oxygen atoms in total. The van der Waals surface area contributed by atoms with Gasteiger partial charge in [0.2, 0.25) is 5.91 Å². The number of amides is 1. The number of nitrogens with zero attached hydrogens (tertiary/aromatic N) is 1. The van der Waals surface area contributed by atoms with Crippen LogP contribution in [0.5, 0.6) is 0 Å². The molecule has 0 heterocycles. The van der Waals surface area contributed by atoms with Crippen molar-refractivity contribution in [2.24, 2.45) is 0 Å². The molecule has 0 aliphatic heterocycles. The van der Waals surface area contributed by atoms with Crippen molar-refractivity contribution in [3.63, 3.8) is 0 Å². The fraction of sp³-hybridized carbons (Fsp3) is 0.438. The molecule has 1 aromatic rings. The van der Waals surface area contributed by atoms with Gasteiger partial charge in [-0.05, 0) is 25.5 Å². The maximum absolute atomic E-state index is 11.9. The zero-order valence-corrected chi connectivity index (χ0v) is 12.2. The third kappa shape index (κ3) is 5.43. The van der Waals surface area contributed by atoms with Gasteiger partial charge in [-0.25, -0.2) is 0 Å². The quantitative estimate of drug-likeness (QED) is 0.827. The average Bonchev–Trinajstić information content (AvgIpc) is 2.43. The Kier molecular flexibility index (Phi) is 6.78. The normalized spacial score (nSPS) is 10.1. The standard InChI is InChI=1S/C16H21NO3/c1-13(2)20-12-16(19)17(3)11-15-8-5-4-7-14(15)9-6-10-18/h4-5,7-8,13,18H,10-12H2,1-3H3. The number of carbonyl (C=O) groups excluding carboxylic acids is 1. The number of hydrogen-bond donors (Lipinski definition) is 1. The maximum atomic E-state index is 11.9. The molecule has 1 rings (SSSR count). The molecule has 0 saturated heterocycles. The van der Waals surface area contributed by atoms with E-state index < -0.39 is 0 Å². The lowest BCUT2D eigenvalue weighted by Crippen LogP contribution is -2.31. The van der Waals surface area contributed by atoms with Crippen LogP contribution >= 0.6 is 0 Å². The Balaban J connectivity index is 2.70. The molecule has 4 heteroatoms. The van der Waals surface area contributed by atoms with E-state index in [2.05, 4.69) is 11.8 Å². The summed E-state index contributed by atoms with van der Waals surface area (Å²) in [4.78, 5) is 13.5. The third-order valence-corrected chi connectivity index (χ3v) is 2.69. The first-order chi connectivity index (χ1) is 9.54. The predicted molar refractivity (Wildman–Crippen MR) is 78.0 cm³/mol. The minimum atomic E-state index is -0.175. The van der Waals surface area contributed by atoms with Crippen molar-refractivity contribution in [2.45, 2.75) is 26.5 Å². The summed E-state index contributed by atoms with van der Waals surface area (Å²) in [7, 11) is 1.74. The lowest BCUT2D eigenvalue weighted by Gasteiger charge is -2.19. The van der Waals surface area contributed by atoms with Gasteiger partial charge >= 0.3 is 0 Å². The van der Waals surface area contributed by atoms with Crippen molar-refractivity contribution in [3.05, 3.63) is 35.4 Å². The first-order valence-corrected chi connectivity index (χ1v) is 6.57. The summed E-state index contributed by atoms with van der Waals surface area (Å²) in [5.41, 5.74) is 1.78. The molecule has 0 aliphatic rings. The number of aliphatic hydroxyl groups is 1. The van der Waals surface area contributed by atoms with Crippen LogP contribution in [0.3, 0.4) is 0 Å². The number of benzene rings is 1. The van der Waals surface area contributed by atoms with Gasteiger partial charge in [0.25, 0.3) is 0 Å². The van der Waals surface area contributed by atoms with Gasteiger partial charge in [-0.3, -0.25) is 4.79 Å². The SMILES string of the molecule is CC(C)OCC(=O)N(C)Cc1ccccc1C#CCO. The second kappa shape index (κ2) is 8.36. The summed E-state index contributed by atoms with van der Waals surface area (Å²) in [5.74, 6) is 5.45. The number of aliphatic hydroxyl groups excluding tert-OH is 1. The topological polar surface area (TPSA) is 49.8 Å². The van der Waals surface area contributed by atoms with Crippen LogP contribution in [0.25, 0.3) is 0 Å². The van der Waals surface area contributed by atoms with Crippen molar-refractivity contribution in [3.8, 4) is 11.8 Å². The van der Waals surface area contributed by atoms with E-state index in [9.17, 15) is 4.79 Å². The third-order valence-electron chi connectivity index (χ3n) is 2.69. The molecule has 0 aromatic heterocycles. The average molecular weight is 275 g/mol. The van der Waals surface area contributed by atoms with Gasteiger partial charge in [0.15, 0.2) is 0 Å². The van der Waals surface area contributed by atoms with Crippen LogP contribution in [-0.4, -0.2) is 42.3 Å². The van der Waals surface area contributed by atoms with E-state index in [1.54, 1.807) is 11.9 Å². The van der Waals surface area contributed by atoms with Crippen molar-refractivity contribution in [2.75, 3.05) is 20.3 Å².